The predicted octanol–water partition coefficient (Wildman–Crippen LogP) is 0.855. The third-order valence-electron chi connectivity index (χ3n) is 2.35. The summed E-state index contributed by atoms with van der Waals surface area (Å²) in [7, 11) is 1.17. The van der Waals surface area contributed by atoms with Crippen LogP contribution in [0.5, 0.6) is 0 Å². The fourth-order valence-corrected chi connectivity index (χ4v) is 1.52. The molecule has 0 saturated heterocycles. The minimum atomic E-state index is -1.30. The molecule has 1 unspecified atom stereocenters. The van der Waals surface area contributed by atoms with Crippen molar-refractivity contribution in [3.05, 3.63) is 35.4 Å². The molecule has 1 atom stereocenters. The van der Waals surface area contributed by atoms with Crippen LogP contribution >= 0.6 is 0 Å². The number of hydrogen-bond donors (Lipinski definition) is 1. The first-order valence-corrected chi connectivity index (χ1v) is 5.41. The van der Waals surface area contributed by atoms with Gasteiger partial charge in [0.1, 0.15) is 0 Å². The Kier molecular flexibility index (Phi) is 4.59. The van der Waals surface area contributed by atoms with Crippen molar-refractivity contribution in [2.75, 3.05) is 7.11 Å². The summed E-state index contributed by atoms with van der Waals surface area (Å²) in [5, 5.41) is 2.29. The second-order valence-corrected chi connectivity index (χ2v) is 3.89. The Balaban J connectivity index is 3.02. The van der Waals surface area contributed by atoms with E-state index in [1.54, 1.807) is 18.2 Å². The van der Waals surface area contributed by atoms with E-state index in [9.17, 15) is 14.4 Å². The number of ether oxygens (including phenoxy) is 1. The minimum absolute atomic E-state index is 0.360. The van der Waals surface area contributed by atoms with Crippen LogP contribution in [0.25, 0.3) is 0 Å². The maximum atomic E-state index is 12.1. The van der Waals surface area contributed by atoms with E-state index in [1.807, 2.05) is 13.0 Å². The molecule has 0 fully saturated rings. The van der Waals surface area contributed by atoms with Crippen molar-refractivity contribution in [3.63, 3.8) is 0 Å². The summed E-state index contributed by atoms with van der Waals surface area (Å²) in [6, 6.07) is 5.49. The number of carbonyl (C=O) groups excluding carboxylic acids is 3. The number of Topliss-reactive ketones (excluding diaryl/α,β-unsaturated/α-hetero) is 1. The van der Waals surface area contributed by atoms with Gasteiger partial charge in [-0.1, -0.05) is 23.8 Å². The summed E-state index contributed by atoms with van der Waals surface area (Å²) in [5.74, 6) is -1.73. The van der Waals surface area contributed by atoms with Crippen molar-refractivity contribution in [2.45, 2.75) is 19.9 Å². The zero-order valence-corrected chi connectivity index (χ0v) is 10.5. The first kappa shape index (κ1) is 13.9. The highest BCUT2D eigenvalue weighted by Crippen LogP contribution is 2.08. The summed E-state index contributed by atoms with van der Waals surface area (Å²) >= 11 is 0. The second-order valence-electron chi connectivity index (χ2n) is 3.89. The number of esters is 1. The Bertz CT molecular complexity index is 482. The van der Waals surface area contributed by atoms with Crippen LogP contribution in [0, 0.1) is 6.92 Å². The molecule has 0 heterocycles. The summed E-state index contributed by atoms with van der Waals surface area (Å²) in [6.07, 6.45) is 0. The zero-order valence-electron chi connectivity index (χ0n) is 10.5. The summed E-state index contributed by atoms with van der Waals surface area (Å²) in [4.78, 5) is 34.6. The van der Waals surface area contributed by atoms with Gasteiger partial charge in [-0.3, -0.25) is 9.59 Å². The Labute approximate surface area is 105 Å². The molecule has 0 aliphatic rings. The maximum Gasteiger partial charge on any atom is 0.336 e. The quantitative estimate of drug-likeness (QED) is 0.488. The summed E-state index contributed by atoms with van der Waals surface area (Å²) < 4.78 is 4.51. The fraction of sp³-hybridized carbons (Fsp3) is 0.308. The number of rotatable bonds is 4. The number of methoxy groups -OCH3 is 1. The van der Waals surface area contributed by atoms with Gasteiger partial charge in [-0.25, -0.2) is 4.79 Å². The third-order valence-corrected chi connectivity index (χ3v) is 2.35. The van der Waals surface area contributed by atoms with Gasteiger partial charge in [0.2, 0.25) is 5.91 Å². The van der Waals surface area contributed by atoms with Crippen molar-refractivity contribution in [1.82, 2.24) is 5.32 Å². The molecule has 0 bridgehead atoms. The molecule has 96 valence electrons. The molecule has 1 aromatic carbocycles. The molecule has 0 radical (unpaired) electrons. The predicted molar refractivity (Wildman–Crippen MR) is 65.1 cm³/mol. The van der Waals surface area contributed by atoms with Crippen LogP contribution in [0.4, 0.5) is 0 Å². The van der Waals surface area contributed by atoms with Gasteiger partial charge in [0.05, 0.1) is 7.11 Å². The van der Waals surface area contributed by atoms with Gasteiger partial charge in [-0.05, 0) is 13.0 Å². The van der Waals surface area contributed by atoms with Crippen LogP contribution in [0.3, 0.4) is 0 Å². The first-order valence-electron chi connectivity index (χ1n) is 5.41. The van der Waals surface area contributed by atoms with Gasteiger partial charge >= 0.3 is 5.97 Å². The molecule has 5 heteroatoms. The van der Waals surface area contributed by atoms with Gasteiger partial charge < -0.3 is 10.1 Å². The van der Waals surface area contributed by atoms with Gasteiger partial charge in [0, 0.05) is 12.5 Å². The molecule has 0 aliphatic carbocycles. The molecule has 0 aromatic heterocycles. The van der Waals surface area contributed by atoms with Gasteiger partial charge in [-0.15, -0.1) is 0 Å². The molecule has 0 spiro atoms. The fourth-order valence-electron chi connectivity index (χ4n) is 1.52. The van der Waals surface area contributed by atoms with Gasteiger partial charge in [0.15, 0.2) is 11.8 Å². The topological polar surface area (TPSA) is 72.5 Å². The molecule has 0 aliphatic heterocycles. The van der Waals surface area contributed by atoms with Crippen LogP contribution in [-0.4, -0.2) is 30.8 Å². The van der Waals surface area contributed by atoms with Gasteiger partial charge in [0.25, 0.3) is 0 Å². The standard InChI is InChI=1S/C13H15NO4/c1-8-5-4-6-10(7-8)12(16)11(13(17)18-3)14-9(2)15/h4-7,11H,1-3H3,(H,14,15). The first-order chi connectivity index (χ1) is 8.45. The molecule has 1 N–H and O–H groups in total. The number of aryl methyl sites for hydroxylation is 1. The van der Waals surface area contributed by atoms with E-state index in [-0.39, 0.29) is 0 Å². The van der Waals surface area contributed by atoms with Crippen molar-refractivity contribution in [1.29, 1.82) is 0 Å². The number of nitrogens with one attached hydrogen (secondary N) is 1. The molecule has 1 aromatic rings. The lowest BCUT2D eigenvalue weighted by Crippen LogP contribution is -2.46. The van der Waals surface area contributed by atoms with Crippen LogP contribution in [-0.2, 0) is 14.3 Å². The number of benzene rings is 1. The number of hydrogen-bond acceptors (Lipinski definition) is 4. The number of ketones is 1. The van der Waals surface area contributed by atoms with Crippen LogP contribution in [0.1, 0.15) is 22.8 Å². The Morgan fingerprint density at radius 2 is 1.94 bits per heavy atom. The average molecular weight is 249 g/mol. The number of carbonyl (C=O) groups is 3. The van der Waals surface area contributed by atoms with Crippen molar-refractivity contribution in [3.8, 4) is 0 Å². The maximum absolute atomic E-state index is 12.1. The van der Waals surface area contributed by atoms with E-state index in [4.69, 9.17) is 0 Å². The lowest BCUT2D eigenvalue weighted by Gasteiger charge is -2.14. The van der Waals surface area contributed by atoms with E-state index in [0.717, 1.165) is 5.56 Å². The molecule has 1 amide bonds. The Morgan fingerprint density at radius 1 is 1.28 bits per heavy atom. The molecular weight excluding hydrogens is 234 g/mol. The lowest BCUT2D eigenvalue weighted by molar-refractivity contribution is -0.143. The van der Waals surface area contributed by atoms with E-state index < -0.39 is 23.7 Å². The minimum Gasteiger partial charge on any atom is -0.467 e. The summed E-state index contributed by atoms with van der Waals surface area (Å²) in [6.45, 7) is 3.07. The molecule has 0 saturated carbocycles. The van der Waals surface area contributed by atoms with E-state index in [1.165, 1.54) is 14.0 Å². The highest BCUT2D eigenvalue weighted by Gasteiger charge is 2.29. The van der Waals surface area contributed by atoms with E-state index >= 15 is 0 Å². The average Bonchev–Trinajstić information content (AvgIpc) is 2.34. The van der Waals surface area contributed by atoms with E-state index in [0.29, 0.717) is 5.56 Å². The number of amides is 1. The largest absolute Gasteiger partial charge is 0.467 e. The smallest absolute Gasteiger partial charge is 0.336 e. The SMILES string of the molecule is COC(=O)C(NC(C)=O)C(=O)c1cccc(C)c1. The van der Waals surface area contributed by atoms with Crippen molar-refractivity contribution in [2.24, 2.45) is 0 Å². The highest BCUT2D eigenvalue weighted by atomic mass is 16.5. The van der Waals surface area contributed by atoms with E-state index in [2.05, 4.69) is 10.1 Å². The summed E-state index contributed by atoms with van der Waals surface area (Å²) in [5.41, 5.74) is 1.26. The normalized spacial score (nSPS) is 11.5. The van der Waals surface area contributed by atoms with Gasteiger partial charge in [-0.2, -0.15) is 0 Å². The molecule has 5 nitrogen and oxygen atoms in total. The lowest BCUT2D eigenvalue weighted by atomic mass is 10.0. The van der Waals surface area contributed by atoms with Crippen LogP contribution < -0.4 is 5.32 Å². The monoisotopic (exact) mass is 249 g/mol. The molecular formula is C13H15NO4. The highest BCUT2D eigenvalue weighted by molar-refractivity contribution is 6.13. The second kappa shape index (κ2) is 5.95. The molecule has 1 rings (SSSR count). The van der Waals surface area contributed by atoms with Crippen LogP contribution in [0.15, 0.2) is 24.3 Å². The molecule has 18 heavy (non-hydrogen) atoms. The van der Waals surface area contributed by atoms with Crippen molar-refractivity contribution >= 4 is 17.7 Å². The Hall–Kier alpha value is -2.17. The van der Waals surface area contributed by atoms with Crippen LogP contribution in [0.2, 0.25) is 0 Å². The van der Waals surface area contributed by atoms with Crippen molar-refractivity contribution < 1.29 is 19.1 Å². The third kappa shape index (κ3) is 3.41. The Morgan fingerprint density at radius 3 is 2.44 bits per heavy atom. The zero-order chi connectivity index (χ0) is 13.7.